The molecule has 0 aliphatic carbocycles. The molecule has 2 aromatic carbocycles. The molecule has 5 N–H and O–H groups in total. The largest absolute Gasteiger partial charge is 0.488 e. The number of anilines is 3. The first kappa shape index (κ1) is 27.3. The topological polar surface area (TPSA) is 165 Å². The lowest BCUT2D eigenvalue weighted by atomic mass is 10.1. The van der Waals surface area contributed by atoms with E-state index in [4.69, 9.17) is 10.5 Å². The quantitative estimate of drug-likeness (QED) is 0.211. The number of hydrogen-bond acceptors (Lipinski definition) is 8. The molecule has 1 amide bonds. The van der Waals surface area contributed by atoms with Gasteiger partial charge in [0, 0.05) is 24.0 Å². The first-order valence-electron chi connectivity index (χ1n) is 10.9. The maximum Gasteiger partial charge on any atom is 0.404 e. The van der Waals surface area contributed by atoms with Crippen LogP contribution in [0, 0.1) is 5.82 Å². The second-order valence-corrected chi connectivity index (χ2v) is 9.73. The summed E-state index contributed by atoms with van der Waals surface area (Å²) < 4.78 is 83.0. The van der Waals surface area contributed by atoms with Crippen molar-refractivity contribution in [3.8, 4) is 17.0 Å². The Morgan fingerprint density at radius 1 is 1.10 bits per heavy atom. The molecule has 39 heavy (non-hydrogen) atoms. The molecule has 0 saturated heterocycles. The number of aromatic nitrogens is 4. The predicted octanol–water partition coefficient (Wildman–Crippen LogP) is 3.73. The summed E-state index contributed by atoms with van der Waals surface area (Å²) >= 11 is 0. The van der Waals surface area contributed by atoms with E-state index in [2.05, 4.69) is 25.5 Å². The first-order valence-corrected chi connectivity index (χ1v) is 12.6. The van der Waals surface area contributed by atoms with Gasteiger partial charge in [-0.25, -0.2) is 17.8 Å². The number of halogens is 4. The van der Waals surface area contributed by atoms with Crippen molar-refractivity contribution in [1.82, 2.24) is 20.2 Å². The summed E-state index contributed by atoms with van der Waals surface area (Å²) in [6.45, 7) is -0.146. The van der Waals surface area contributed by atoms with Crippen LogP contribution in [0.1, 0.15) is 15.9 Å². The molecule has 4 aromatic rings. The number of primary amides is 1. The van der Waals surface area contributed by atoms with E-state index >= 15 is 0 Å². The van der Waals surface area contributed by atoms with Crippen molar-refractivity contribution in [1.29, 1.82) is 0 Å². The molecule has 0 fully saturated rings. The van der Waals surface area contributed by atoms with Crippen LogP contribution in [0.15, 0.2) is 61.1 Å². The highest BCUT2D eigenvalue weighted by atomic mass is 32.2. The Balaban J connectivity index is 1.73. The average Bonchev–Trinajstić information content (AvgIpc) is 3.26. The average molecular weight is 566 g/mol. The van der Waals surface area contributed by atoms with Crippen LogP contribution in [0.4, 0.5) is 34.9 Å². The van der Waals surface area contributed by atoms with Gasteiger partial charge in [-0.15, -0.1) is 0 Å². The van der Waals surface area contributed by atoms with Gasteiger partial charge in [-0.05, 0) is 29.8 Å². The van der Waals surface area contributed by atoms with Crippen LogP contribution in [-0.2, 0) is 16.6 Å². The number of nitrogens with two attached hydrogens (primary N) is 1. The summed E-state index contributed by atoms with van der Waals surface area (Å²) in [5.41, 5.74) is 5.91. The SMILES string of the molecule is NC(=O)c1c(-c2ccc(NS(=O)(=O)CC(F)(F)F)cc2OCc2ccc(F)cc2)n[nH]c1Nc1cnccn1. The molecule has 0 aliphatic heterocycles. The molecule has 4 rings (SSSR count). The number of nitrogens with zero attached hydrogens (tertiary/aromatic N) is 3. The smallest absolute Gasteiger partial charge is 0.404 e. The van der Waals surface area contributed by atoms with E-state index in [1.54, 1.807) is 0 Å². The van der Waals surface area contributed by atoms with E-state index < -0.39 is 33.7 Å². The number of alkyl halides is 3. The first-order chi connectivity index (χ1) is 18.4. The molecule has 0 atom stereocenters. The summed E-state index contributed by atoms with van der Waals surface area (Å²) in [5.74, 6) is -3.21. The van der Waals surface area contributed by atoms with E-state index in [0.717, 1.165) is 6.07 Å². The summed E-state index contributed by atoms with van der Waals surface area (Å²) in [7, 11) is -4.80. The van der Waals surface area contributed by atoms with Gasteiger partial charge in [0.2, 0.25) is 10.0 Å². The number of aromatic amines is 1. The fourth-order valence-corrected chi connectivity index (χ4v) is 4.42. The van der Waals surface area contributed by atoms with Crippen molar-refractivity contribution < 1.29 is 35.5 Å². The Morgan fingerprint density at radius 3 is 2.49 bits per heavy atom. The van der Waals surface area contributed by atoms with E-state index in [9.17, 15) is 30.8 Å². The third-order valence-electron chi connectivity index (χ3n) is 5.00. The van der Waals surface area contributed by atoms with Crippen LogP contribution in [0.25, 0.3) is 11.3 Å². The molecule has 0 bridgehead atoms. The Morgan fingerprint density at radius 2 is 1.85 bits per heavy atom. The van der Waals surface area contributed by atoms with Gasteiger partial charge in [-0.1, -0.05) is 12.1 Å². The molecule has 0 spiro atoms. The fraction of sp³-hybridized carbons (Fsp3) is 0.130. The Kier molecular flexibility index (Phi) is 7.66. The molecule has 0 saturated carbocycles. The highest BCUT2D eigenvalue weighted by Crippen LogP contribution is 2.37. The van der Waals surface area contributed by atoms with Crippen molar-refractivity contribution in [2.24, 2.45) is 5.73 Å². The van der Waals surface area contributed by atoms with Crippen LogP contribution in [0.3, 0.4) is 0 Å². The molecule has 2 aromatic heterocycles. The van der Waals surface area contributed by atoms with Crippen molar-refractivity contribution >= 4 is 33.3 Å². The lowest BCUT2D eigenvalue weighted by Gasteiger charge is -2.15. The van der Waals surface area contributed by atoms with Crippen molar-refractivity contribution in [2.75, 3.05) is 15.8 Å². The Bertz CT molecular complexity index is 1580. The molecule has 16 heteroatoms. The van der Waals surface area contributed by atoms with Crippen molar-refractivity contribution in [3.05, 3.63) is 78.0 Å². The van der Waals surface area contributed by atoms with Crippen LogP contribution in [-0.4, -0.2) is 46.4 Å². The summed E-state index contributed by atoms with van der Waals surface area (Å²) in [4.78, 5) is 20.3. The lowest BCUT2D eigenvalue weighted by Crippen LogP contribution is -2.27. The molecule has 204 valence electrons. The third-order valence-corrected chi connectivity index (χ3v) is 6.25. The van der Waals surface area contributed by atoms with Gasteiger partial charge in [0.1, 0.15) is 41.1 Å². The molecular formula is C23H19F4N7O4S. The van der Waals surface area contributed by atoms with Crippen LogP contribution in [0.2, 0.25) is 0 Å². The van der Waals surface area contributed by atoms with Gasteiger partial charge in [0.05, 0.1) is 11.9 Å². The molecule has 2 heterocycles. The summed E-state index contributed by atoms with van der Waals surface area (Å²) in [5, 5.41) is 9.58. The number of benzene rings is 2. The number of H-pyrrole nitrogens is 1. The maximum atomic E-state index is 13.3. The maximum absolute atomic E-state index is 13.3. The van der Waals surface area contributed by atoms with Gasteiger partial charge in [0.25, 0.3) is 5.91 Å². The van der Waals surface area contributed by atoms with Gasteiger partial charge in [-0.3, -0.25) is 19.6 Å². The zero-order chi connectivity index (χ0) is 28.2. The highest BCUT2D eigenvalue weighted by molar-refractivity contribution is 7.92. The van der Waals surface area contributed by atoms with Crippen molar-refractivity contribution in [3.63, 3.8) is 0 Å². The molecule has 0 unspecified atom stereocenters. The number of carbonyl (C=O) groups is 1. The van der Waals surface area contributed by atoms with E-state index in [0.29, 0.717) is 5.56 Å². The van der Waals surface area contributed by atoms with Gasteiger partial charge < -0.3 is 15.8 Å². The second-order valence-electron chi connectivity index (χ2n) is 8.00. The summed E-state index contributed by atoms with van der Waals surface area (Å²) in [6, 6.07) is 8.87. The second kappa shape index (κ2) is 10.9. The Hall–Kier alpha value is -4.73. The molecule has 0 aliphatic rings. The lowest BCUT2D eigenvalue weighted by molar-refractivity contribution is -0.106. The number of nitrogens with one attached hydrogen (secondary N) is 3. The molecule has 0 radical (unpaired) electrons. The zero-order valence-corrected chi connectivity index (χ0v) is 20.5. The minimum Gasteiger partial charge on any atom is -0.488 e. The van der Waals surface area contributed by atoms with Crippen LogP contribution < -0.4 is 20.5 Å². The highest BCUT2D eigenvalue weighted by Gasteiger charge is 2.35. The zero-order valence-electron chi connectivity index (χ0n) is 19.7. The number of sulfonamides is 1. The Labute approximate surface area is 218 Å². The van der Waals surface area contributed by atoms with E-state index in [-0.39, 0.29) is 46.5 Å². The van der Waals surface area contributed by atoms with Crippen LogP contribution >= 0.6 is 0 Å². The van der Waals surface area contributed by atoms with Crippen LogP contribution in [0.5, 0.6) is 5.75 Å². The number of carbonyl (C=O) groups excluding carboxylic acids is 1. The number of rotatable bonds is 10. The molecule has 11 nitrogen and oxygen atoms in total. The molecular weight excluding hydrogens is 546 g/mol. The summed E-state index contributed by atoms with van der Waals surface area (Å²) in [6.07, 6.45) is -0.743. The number of ether oxygens (including phenoxy) is 1. The number of hydrogen-bond donors (Lipinski definition) is 4. The van der Waals surface area contributed by atoms with E-state index in [1.165, 1.54) is 55.0 Å². The van der Waals surface area contributed by atoms with Gasteiger partial charge >= 0.3 is 6.18 Å². The predicted molar refractivity (Wildman–Crippen MR) is 132 cm³/mol. The third kappa shape index (κ3) is 7.19. The normalized spacial score (nSPS) is 11.7. The standard InChI is InChI=1S/C23H19F4N7O4S/c24-14-3-1-13(2-4-14)11-38-17-9-15(34-39(36,37)12-23(25,26)27)5-6-16(17)20-19(21(28)35)22(33-32-20)31-18-10-29-7-8-30-18/h1-10,34H,11-12H2,(H2,28,35)(H2,30,31,32,33). The monoisotopic (exact) mass is 565 g/mol. The van der Waals surface area contributed by atoms with Gasteiger partial charge in [0.15, 0.2) is 5.75 Å². The minimum atomic E-state index is -4.97. The number of amides is 1. The fourth-order valence-electron chi connectivity index (χ4n) is 3.43. The van der Waals surface area contributed by atoms with Crippen molar-refractivity contribution in [2.45, 2.75) is 12.8 Å². The van der Waals surface area contributed by atoms with E-state index in [1.807, 2.05) is 4.72 Å². The minimum absolute atomic E-state index is 0.00676. The van der Waals surface area contributed by atoms with Gasteiger partial charge in [-0.2, -0.15) is 18.3 Å².